The van der Waals surface area contributed by atoms with Gasteiger partial charge in [0.25, 0.3) is 5.56 Å². The van der Waals surface area contributed by atoms with Crippen LogP contribution in [0.3, 0.4) is 0 Å². The molecule has 0 unspecified atom stereocenters. The molecule has 0 radical (unpaired) electrons. The zero-order chi connectivity index (χ0) is 14.8. The van der Waals surface area contributed by atoms with Crippen LogP contribution in [0.5, 0.6) is 0 Å². The highest BCUT2D eigenvalue weighted by Gasteiger charge is 2.16. The summed E-state index contributed by atoms with van der Waals surface area (Å²) in [5, 5.41) is 9.98. The molecule has 1 atom stereocenters. The Morgan fingerprint density at radius 2 is 2.00 bits per heavy atom. The van der Waals surface area contributed by atoms with Gasteiger partial charge in [0.1, 0.15) is 5.82 Å². The molecule has 0 bridgehead atoms. The first-order valence-electron chi connectivity index (χ1n) is 6.38. The molecule has 106 valence electrons. The fourth-order valence-electron chi connectivity index (χ4n) is 2.24. The van der Waals surface area contributed by atoms with Crippen molar-refractivity contribution in [3.63, 3.8) is 0 Å². The Bertz CT molecular complexity index is 830. The number of hydrogen-bond acceptors (Lipinski definition) is 4. The first-order valence-corrected chi connectivity index (χ1v) is 6.38. The van der Waals surface area contributed by atoms with Gasteiger partial charge in [-0.05, 0) is 23.8 Å². The summed E-state index contributed by atoms with van der Waals surface area (Å²) in [6, 6.07) is 6.69. The van der Waals surface area contributed by atoms with Crippen LogP contribution in [-0.2, 0) is 0 Å². The number of aliphatic hydroxyl groups is 1. The van der Waals surface area contributed by atoms with Gasteiger partial charge in [0.15, 0.2) is 0 Å². The lowest BCUT2D eigenvalue weighted by molar-refractivity contribution is 0.246. The number of fused-ring (bicyclic) bond motifs is 1. The maximum absolute atomic E-state index is 13.0. The molecule has 0 amide bonds. The summed E-state index contributed by atoms with van der Waals surface area (Å²) in [6.45, 7) is -0.293. The van der Waals surface area contributed by atoms with Gasteiger partial charge in [-0.1, -0.05) is 12.1 Å². The van der Waals surface area contributed by atoms with E-state index in [9.17, 15) is 14.3 Å². The summed E-state index contributed by atoms with van der Waals surface area (Å²) in [5.74, 6) is -0.372. The van der Waals surface area contributed by atoms with Crippen molar-refractivity contribution in [3.05, 3.63) is 70.8 Å². The Morgan fingerprint density at radius 1 is 1.24 bits per heavy atom. The molecular formula is C15H12FN3O2. The quantitative estimate of drug-likeness (QED) is 0.792. The summed E-state index contributed by atoms with van der Waals surface area (Å²) in [5.41, 5.74) is 0.879. The van der Waals surface area contributed by atoms with Gasteiger partial charge in [-0.15, -0.1) is 0 Å². The molecule has 0 fully saturated rings. The van der Waals surface area contributed by atoms with Crippen LogP contribution >= 0.6 is 0 Å². The second-order valence-corrected chi connectivity index (χ2v) is 4.60. The minimum Gasteiger partial charge on any atom is -0.394 e. The van der Waals surface area contributed by atoms with E-state index in [0.29, 0.717) is 16.5 Å². The molecule has 1 aromatic carbocycles. The number of nitrogens with zero attached hydrogens (tertiary/aromatic N) is 3. The second kappa shape index (κ2) is 5.41. The minimum atomic E-state index is -0.616. The average Bonchev–Trinajstić information content (AvgIpc) is 2.52. The van der Waals surface area contributed by atoms with Gasteiger partial charge >= 0.3 is 0 Å². The molecule has 3 rings (SSSR count). The van der Waals surface area contributed by atoms with Crippen LogP contribution in [0.4, 0.5) is 4.39 Å². The van der Waals surface area contributed by atoms with Crippen LogP contribution in [0.25, 0.3) is 10.9 Å². The summed E-state index contributed by atoms with van der Waals surface area (Å²) in [6.07, 6.45) is 4.39. The van der Waals surface area contributed by atoms with E-state index in [4.69, 9.17) is 0 Å². The molecule has 0 aliphatic carbocycles. The molecule has 0 spiro atoms. The van der Waals surface area contributed by atoms with Gasteiger partial charge in [-0.25, -0.2) is 9.37 Å². The normalized spacial score (nSPS) is 12.5. The van der Waals surface area contributed by atoms with Gasteiger partial charge in [0.05, 0.1) is 29.9 Å². The molecule has 0 saturated heterocycles. The zero-order valence-corrected chi connectivity index (χ0v) is 11.0. The maximum Gasteiger partial charge on any atom is 0.263 e. The smallest absolute Gasteiger partial charge is 0.263 e. The Labute approximate surface area is 119 Å². The molecule has 5 nitrogen and oxygen atoms in total. The average molecular weight is 285 g/mol. The number of aromatic nitrogens is 3. The van der Waals surface area contributed by atoms with Crippen LogP contribution < -0.4 is 5.56 Å². The van der Waals surface area contributed by atoms with Gasteiger partial charge in [0.2, 0.25) is 0 Å². The predicted molar refractivity (Wildman–Crippen MR) is 75.4 cm³/mol. The van der Waals surface area contributed by atoms with Crippen LogP contribution in [-0.4, -0.2) is 26.2 Å². The van der Waals surface area contributed by atoms with Crippen molar-refractivity contribution in [1.82, 2.24) is 14.5 Å². The number of aliphatic hydroxyl groups excluding tert-OH is 1. The van der Waals surface area contributed by atoms with Crippen molar-refractivity contribution >= 4 is 10.9 Å². The summed E-state index contributed by atoms with van der Waals surface area (Å²) >= 11 is 0. The van der Waals surface area contributed by atoms with Crippen LogP contribution in [0.1, 0.15) is 11.6 Å². The van der Waals surface area contributed by atoms with E-state index < -0.39 is 6.04 Å². The summed E-state index contributed by atoms with van der Waals surface area (Å²) in [4.78, 5) is 20.6. The van der Waals surface area contributed by atoms with E-state index in [1.807, 2.05) is 0 Å². The molecular weight excluding hydrogens is 273 g/mol. The predicted octanol–water partition coefficient (Wildman–Crippen LogP) is 1.51. The molecule has 2 heterocycles. The largest absolute Gasteiger partial charge is 0.394 e. The molecule has 0 aliphatic heterocycles. The molecule has 3 aromatic rings. The van der Waals surface area contributed by atoms with E-state index in [2.05, 4.69) is 9.97 Å². The molecule has 21 heavy (non-hydrogen) atoms. The number of hydrogen-bond donors (Lipinski definition) is 1. The van der Waals surface area contributed by atoms with Gasteiger partial charge in [0, 0.05) is 12.4 Å². The van der Waals surface area contributed by atoms with E-state index in [1.165, 1.54) is 41.4 Å². The van der Waals surface area contributed by atoms with E-state index in [-0.39, 0.29) is 18.0 Å². The summed E-state index contributed by atoms with van der Waals surface area (Å²) in [7, 11) is 0. The van der Waals surface area contributed by atoms with Crippen molar-refractivity contribution in [2.75, 3.05) is 6.61 Å². The van der Waals surface area contributed by atoms with Crippen LogP contribution in [0, 0.1) is 5.82 Å². The number of rotatable bonds is 3. The first-order chi connectivity index (χ1) is 10.2. The van der Waals surface area contributed by atoms with Crippen molar-refractivity contribution in [1.29, 1.82) is 0 Å². The Kier molecular flexibility index (Phi) is 3.45. The first kappa shape index (κ1) is 13.4. The van der Waals surface area contributed by atoms with Crippen molar-refractivity contribution in [2.24, 2.45) is 0 Å². The Hall–Kier alpha value is -2.60. The van der Waals surface area contributed by atoms with Crippen molar-refractivity contribution in [2.45, 2.75) is 6.04 Å². The van der Waals surface area contributed by atoms with Crippen LogP contribution in [0.15, 0.2) is 53.8 Å². The van der Waals surface area contributed by atoms with Gasteiger partial charge in [-0.2, -0.15) is 0 Å². The Balaban J connectivity index is 2.15. The van der Waals surface area contributed by atoms with Gasteiger partial charge in [-0.3, -0.25) is 14.3 Å². The van der Waals surface area contributed by atoms with E-state index in [0.717, 1.165) is 0 Å². The van der Waals surface area contributed by atoms with E-state index >= 15 is 0 Å². The third-order valence-electron chi connectivity index (χ3n) is 3.35. The molecule has 1 N–H and O–H groups in total. The highest BCUT2D eigenvalue weighted by atomic mass is 19.1. The third-order valence-corrected chi connectivity index (χ3v) is 3.35. The fraction of sp³-hybridized carbons (Fsp3) is 0.133. The van der Waals surface area contributed by atoms with E-state index in [1.54, 1.807) is 12.3 Å². The maximum atomic E-state index is 13.0. The number of pyridine rings is 1. The lowest BCUT2D eigenvalue weighted by Gasteiger charge is -2.17. The second-order valence-electron chi connectivity index (χ2n) is 4.60. The molecule has 2 aromatic heterocycles. The molecule has 0 saturated carbocycles. The third kappa shape index (κ3) is 2.41. The zero-order valence-electron chi connectivity index (χ0n) is 11.0. The summed E-state index contributed by atoms with van der Waals surface area (Å²) < 4.78 is 14.3. The molecule has 0 aliphatic rings. The topological polar surface area (TPSA) is 68.0 Å². The lowest BCUT2D eigenvalue weighted by atomic mass is 10.1. The standard InChI is InChI=1S/C15H12FN3O2/c16-11-3-1-10(2-4-11)14(8-20)19-9-18-13-5-6-17-7-12(13)15(19)21/h1-7,9,14,20H,8H2/t14-/m0/s1. The Morgan fingerprint density at radius 3 is 2.71 bits per heavy atom. The number of benzene rings is 1. The highest BCUT2D eigenvalue weighted by molar-refractivity contribution is 5.75. The molecule has 6 heteroatoms. The SMILES string of the molecule is O=c1c2cnccc2ncn1[C@@H](CO)c1ccc(F)cc1. The van der Waals surface area contributed by atoms with Crippen molar-refractivity contribution in [3.8, 4) is 0 Å². The van der Waals surface area contributed by atoms with Gasteiger partial charge < -0.3 is 5.11 Å². The minimum absolute atomic E-state index is 0.293. The lowest BCUT2D eigenvalue weighted by Crippen LogP contribution is -2.28. The van der Waals surface area contributed by atoms with Crippen molar-refractivity contribution < 1.29 is 9.50 Å². The fourth-order valence-corrected chi connectivity index (χ4v) is 2.24. The highest BCUT2D eigenvalue weighted by Crippen LogP contribution is 2.17. The van der Waals surface area contributed by atoms with Crippen LogP contribution in [0.2, 0.25) is 0 Å². The number of halogens is 1. The monoisotopic (exact) mass is 285 g/mol.